The van der Waals surface area contributed by atoms with Crippen molar-refractivity contribution in [3.63, 3.8) is 0 Å². The summed E-state index contributed by atoms with van der Waals surface area (Å²) in [7, 11) is -3.69. The van der Waals surface area contributed by atoms with Crippen molar-refractivity contribution in [2.45, 2.75) is 18.4 Å². The van der Waals surface area contributed by atoms with E-state index in [2.05, 4.69) is 36.1 Å². The fourth-order valence-electron chi connectivity index (χ4n) is 2.65. The number of aromatic nitrogens is 4. The lowest BCUT2D eigenvalue weighted by Gasteiger charge is -2.13. The van der Waals surface area contributed by atoms with Crippen LogP contribution < -0.4 is 21.3 Å². The quantitative estimate of drug-likeness (QED) is 0.372. The Kier molecular flexibility index (Phi) is 5.92. The van der Waals surface area contributed by atoms with Crippen LogP contribution in [0.4, 0.5) is 23.1 Å². The summed E-state index contributed by atoms with van der Waals surface area (Å²) in [6.45, 7) is -1.09. The molecule has 2 amide bonds. The zero-order valence-corrected chi connectivity index (χ0v) is 18.4. The molecular weight excluding hydrogens is 448 g/mol. The number of hydrogen-bond donors (Lipinski definition) is 4. The second kappa shape index (κ2) is 9.99. The molecule has 3 heterocycles. The normalized spacial score (nSPS) is 12.6. The highest BCUT2D eigenvalue weighted by molar-refractivity contribution is 7.90. The first-order valence-corrected chi connectivity index (χ1v) is 11.3. The Morgan fingerprint density at radius 3 is 2.58 bits per heavy atom. The molecule has 0 bridgehead atoms. The van der Waals surface area contributed by atoms with Gasteiger partial charge in [-0.3, -0.25) is 9.59 Å². The van der Waals surface area contributed by atoms with Crippen LogP contribution in [0.5, 0.6) is 0 Å². The molecular formula is C20H22N8O4S. The summed E-state index contributed by atoms with van der Waals surface area (Å²) in [5.74, 6) is -0.865. The van der Waals surface area contributed by atoms with E-state index in [1.165, 1.54) is 37.5 Å². The smallest absolute Gasteiger partial charge is 0.273 e. The molecule has 0 spiro atoms. The van der Waals surface area contributed by atoms with Gasteiger partial charge in [0.1, 0.15) is 16.5 Å². The summed E-state index contributed by atoms with van der Waals surface area (Å²) in [4.78, 5) is 31.7. The Morgan fingerprint density at radius 2 is 1.91 bits per heavy atom. The highest BCUT2D eigenvalue weighted by Gasteiger charge is 2.19. The standard InChI is InChI=1S/C20H22N8O4S/c1-12(29)23-10-13-6-7-16(24-11-13)26-17-9-14(18(28-27-17)20(30)21-2)25-19-15(33(3,31)32)5-4-8-22-19/h4-9,11H,10H2,1-3H3,(H,21,30)(H,23,29)(H2,22,24,25,26,27)/i2D3. The third-order valence-corrected chi connectivity index (χ3v) is 5.30. The van der Waals surface area contributed by atoms with Crippen molar-refractivity contribution in [1.82, 2.24) is 30.8 Å². The lowest BCUT2D eigenvalue weighted by atomic mass is 10.2. The van der Waals surface area contributed by atoms with Gasteiger partial charge >= 0.3 is 0 Å². The summed E-state index contributed by atoms with van der Waals surface area (Å²) >= 11 is 0. The number of hydrogen-bond acceptors (Lipinski definition) is 10. The van der Waals surface area contributed by atoms with Crippen LogP contribution >= 0.6 is 0 Å². The van der Waals surface area contributed by atoms with Crippen molar-refractivity contribution in [2.24, 2.45) is 0 Å². The van der Waals surface area contributed by atoms with Crippen molar-refractivity contribution >= 4 is 44.8 Å². The minimum absolute atomic E-state index is 0.0554. The molecule has 3 aromatic rings. The van der Waals surface area contributed by atoms with Gasteiger partial charge in [-0.05, 0) is 23.8 Å². The predicted octanol–water partition coefficient (Wildman–Crippen LogP) is 1.15. The van der Waals surface area contributed by atoms with E-state index in [0.29, 0.717) is 12.4 Å². The van der Waals surface area contributed by atoms with Crippen LogP contribution in [-0.2, 0) is 21.2 Å². The first-order chi connectivity index (χ1) is 16.8. The minimum Gasteiger partial charge on any atom is -0.354 e. The van der Waals surface area contributed by atoms with E-state index in [0.717, 1.165) is 11.8 Å². The summed E-state index contributed by atoms with van der Waals surface area (Å²) in [6.07, 6.45) is 3.88. The maximum absolute atomic E-state index is 12.6. The summed E-state index contributed by atoms with van der Waals surface area (Å²) in [5.41, 5.74) is 0.296. The topological polar surface area (TPSA) is 168 Å². The molecule has 33 heavy (non-hydrogen) atoms. The lowest BCUT2D eigenvalue weighted by Crippen LogP contribution is -2.22. The van der Waals surface area contributed by atoms with Gasteiger partial charge in [0.2, 0.25) is 5.91 Å². The lowest BCUT2D eigenvalue weighted by molar-refractivity contribution is -0.119. The van der Waals surface area contributed by atoms with Gasteiger partial charge in [-0.25, -0.2) is 18.4 Å². The second-order valence-corrected chi connectivity index (χ2v) is 8.76. The van der Waals surface area contributed by atoms with Crippen molar-refractivity contribution in [3.8, 4) is 0 Å². The Bertz CT molecular complexity index is 1380. The Morgan fingerprint density at radius 1 is 1.09 bits per heavy atom. The third kappa shape index (κ3) is 6.20. The Balaban J connectivity index is 1.94. The zero-order chi connectivity index (χ0) is 26.5. The van der Waals surface area contributed by atoms with Crippen LogP contribution in [-0.4, -0.2) is 53.6 Å². The first kappa shape index (κ1) is 19.5. The number of nitrogens with zero attached hydrogens (tertiary/aromatic N) is 4. The van der Waals surface area contributed by atoms with Crippen molar-refractivity contribution in [1.29, 1.82) is 0 Å². The summed E-state index contributed by atoms with van der Waals surface area (Å²) < 4.78 is 46.2. The fourth-order valence-corrected chi connectivity index (χ4v) is 3.43. The van der Waals surface area contributed by atoms with E-state index >= 15 is 0 Å². The number of nitrogens with one attached hydrogen (secondary N) is 4. The summed E-state index contributed by atoms with van der Waals surface area (Å²) in [6, 6.07) is 7.44. The van der Waals surface area contributed by atoms with Gasteiger partial charge in [0.15, 0.2) is 21.3 Å². The molecule has 0 aliphatic rings. The molecule has 172 valence electrons. The number of anilines is 4. The Hall–Kier alpha value is -4.13. The van der Waals surface area contributed by atoms with E-state index < -0.39 is 28.4 Å². The Labute approximate surface area is 194 Å². The number of rotatable bonds is 8. The van der Waals surface area contributed by atoms with Gasteiger partial charge < -0.3 is 21.3 Å². The molecule has 0 aromatic carbocycles. The van der Waals surface area contributed by atoms with Gasteiger partial charge in [0.25, 0.3) is 5.91 Å². The van der Waals surface area contributed by atoms with E-state index in [1.54, 1.807) is 12.1 Å². The number of amides is 2. The third-order valence-electron chi connectivity index (χ3n) is 4.17. The maximum atomic E-state index is 12.6. The van der Waals surface area contributed by atoms with Crippen LogP contribution in [0, 0.1) is 0 Å². The molecule has 0 aliphatic heterocycles. The number of carbonyl (C=O) groups excluding carboxylic acids is 2. The fraction of sp³-hybridized carbons (Fsp3) is 0.200. The molecule has 0 fully saturated rings. The first-order valence-electron chi connectivity index (χ1n) is 10.9. The van der Waals surface area contributed by atoms with Crippen molar-refractivity contribution < 1.29 is 22.1 Å². The zero-order valence-electron chi connectivity index (χ0n) is 20.6. The van der Waals surface area contributed by atoms with Crippen molar-refractivity contribution in [2.75, 3.05) is 23.9 Å². The second-order valence-electron chi connectivity index (χ2n) is 6.78. The highest BCUT2D eigenvalue weighted by atomic mass is 32.2. The molecule has 0 radical (unpaired) electrons. The van der Waals surface area contributed by atoms with Gasteiger partial charge in [-0.2, -0.15) is 0 Å². The predicted molar refractivity (Wildman–Crippen MR) is 121 cm³/mol. The monoisotopic (exact) mass is 473 g/mol. The molecule has 13 heteroatoms. The highest BCUT2D eigenvalue weighted by Crippen LogP contribution is 2.26. The van der Waals surface area contributed by atoms with E-state index in [-0.39, 0.29) is 28.1 Å². The maximum Gasteiger partial charge on any atom is 0.273 e. The number of pyridine rings is 2. The van der Waals surface area contributed by atoms with Crippen LogP contribution in [0.2, 0.25) is 0 Å². The van der Waals surface area contributed by atoms with E-state index in [9.17, 15) is 18.0 Å². The molecule has 0 atom stereocenters. The number of carbonyl (C=O) groups is 2. The largest absolute Gasteiger partial charge is 0.354 e. The van der Waals surface area contributed by atoms with Gasteiger partial charge in [-0.1, -0.05) is 6.07 Å². The minimum atomic E-state index is -3.69. The molecule has 3 rings (SSSR count). The molecule has 0 saturated heterocycles. The van der Waals surface area contributed by atoms with Gasteiger partial charge in [-0.15, -0.1) is 10.2 Å². The molecule has 4 N–H and O–H groups in total. The average molecular weight is 474 g/mol. The molecule has 0 saturated carbocycles. The number of sulfone groups is 1. The van der Waals surface area contributed by atoms with Gasteiger partial charge in [0, 0.05) is 49.3 Å². The van der Waals surface area contributed by atoms with Gasteiger partial charge in [0.05, 0.1) is 5.69 Å². The SMILES string of the molecule is [2H]C([2H])([2H])NC(=O)c1nnc(Nc2ccc(CNC(C)=O)cn2)cc1Nc1ncccc1S(C)(=O)=O. The molecule has 12 nitrogen and oxygen atoms in total. The van der Waals surface area contributed by atoms with Crippen LogP contribution in [0.1, 0.15) is 27.1 Å². The van der Waals surface area contributed by atoms with Crippen LogP contribution in [0.3, 0.4) is 0 Å². The average Bonchev–Trinajstić information content (AvgIpc) is 2.77. The molecule has 0 aliphatic carbocycles. The van der Waals surface area contributed by atoms with E-state index in [4.69, 9.17) is 4.11 Å². The van der Waals surface area contributed by atoms with E-state index in [1.807, 2.05) is 5.32 Å². The summed E-state index contributed by atoms with van der Waals surface area (Å²) in [5, 5.41) is 17.8. The van der Waals surface area contributed by atoms with Crippen molar-refractivity contribution in [3.05, 3.63) is 54.0 Å². The molecule has 0 unspecified atom stereocenters. The van der Waals surface area contributed by atoms with Crippen LogP contribution in [0.15, 0.2) is 47.6 Å². The molecule has 3 aromatic heterocycles. The van der Waals surface area contributed by atoms with Crippen LogP contribution in [0.25, 0.3) is 0 Å².